The standard InChI is InChI=1S/C24H37N3O3/c28-21(8-7-18-3-1-2-4-18)27-13-11-24(12-14-27,17-19-5-6-19)23-25-22(30-26-23)20-9-15-29-16-10-20/h18-20H,1-17H2. The molecule has 0 bridgehead atoms. The maximum atomic E-state index is 12.8. The molecule has 4 aliphatic rings. The monoisotopic (exact) mass is 415 g/mol. The van der Waals surface area contributed by atoms with E-state index in [9.17, 15) is 4.79 Å². The van der Waals surface area contributed by atoms with E-state index >= 15 is 0 Å². The molecule has 0 spiro atoms. The van der Waals surface area contributed by atoms with Crippen LogP contribution in [0.25, 0.3) is 0 Å². The summed E-state index contributed by atoms with van der Waals surface area (Å²) in [5.41, 5.74) is -0.00365. The van der Waals surface area contributed by atoms with E-state index in [1.807, 2.05) is 0 Å². The van der Waals surface area contributed by atoms with Crippen LogP contribution in [-0.2, 0) is 14.9 Å². The topological polar surface area (TPSA) is 68.5 Å². The Balaban J connectivity index is 1.22. The fourth-order valence-corrected chi connectivity index (χ4v) is 5.92. The van der Waals surface area contributed by atoms with Crippen LogP contribution in [0, 0.1) is 11.8 Å². The first-order valence-electron chi connectivity index (χ1n) is 12.4. The first kappa shape index (κ1) is 20.5. The summed E-state index contributed by atoms with van der Waals surface area (Å²) >= 11 is 0. The van der Waals surface area contributed by atoms with Crippen molar-refractivity contribution in [3.63, 3.8) is 0 Å². The van der Waals surface area contributed by atoms with Gasteiger partial charge in [-0.25, -0.2) is 0 Å². The van der Waals surface area contributed by atoms with E-state index in [1.54, 1.807) is 0 Å². The number of hydrogen-bond donors (Lipinski definition) is 0. The van der Waals surface area contributed by atoms with Crippen LogP contribution in [0.2, 0.25) is 0 Å². The van der Waals surface area contributed by atoms with Gasteiger partial charge in [-0.05, 0) is 50.4 Å². The number of carbonyl (C=O) groups is 1. The minimum Gasteiger partial charge on any atom is -0.381 e. The Morgan fingerprint density at radius 3 is 2.43 bits per heavy atom. The molecule has 2 aliphatic heterocycles. The van der Waals surface area contributed by atoms with Crippen molar-refractivity contribution in [3.05, 3.63) is 11.7 Å². The number of ether oxygens (including phenoxy) is 1. The molecule has 2 aliphatic carbocycles. The maximum absolute atomic E-state index is 12.8. The largest absolute Gasteiger partial charge is 0.381 e. The average molecular weight is 416 g/mol. The first-order chi connectivity index (χ1) is 14.7. The van der Waals surface area contributed by atoms with Crippen molar-refractivity contribution in [1.82, 2.24) is 15.0 Å². The molecular formula is C24H37N3O3. The number of nitrogens with zero attached hydrogens (tertiary/aromatic N) is 3. The first-order valence-corrected chi connectivity index (χ1v) is 12.4. The van der Waals surface area contributed by atoms with Crippen molar-refractivity contribution in [3.8, 4) is 0 Å². The second-order valence-corrected chi connectivity index (χ2v) is 10.3. The zero-order valence-corrected chi connectivity index (χ0v) is 18.3. The number of piperidine rings is 1. The summed E-state index contributed by atoms with van der Waals surface area (Å²) in [6.45, 7) is 3.26. The van der Waals surface area contributed by atoms with Crippen molar-refractivity contribution in [2.45, 2.75) is 94.8 Å². The lowest BCUT2D eigenvalue weighted by Gasteiger charge is -2.40. The third-order valence-electron chi connectivity index (χ3n) is 8.18. The predicted molar refractivity (Wildman–Crippen MR) is 113 cm³/mol. The van der Waals surface area contributed by atoms with E-state index in [-0.39, 0.29) is 5.41 Å². The van der Waals surface area contributed by atoms with E-state index in [2.05, 4.69) is 10.1 Å². The Morgan fingerprint density at radius 2 is 1.73 bits per heavy atom. The molecule has 2 saturated heterocycles. The lowest BCUT2D eigenvalue weighted by atomic mass is 9.73. The second kappa shape index (κ2) is 8.97. The number of hydrogen-bond acceptors (Lipinski definition) is 5. The minimum atomic E-state index is -0.00365. The second-order valence-electron chi connectivity index (χ2n) is 10.3. The molecule has 0 radical (unpaired) electrons. The van der Waals surface area contributed by atoms with Crippen LogP contribution in [-0.4, -0.2) is 47.3 Å². The average Bonchev–Trinajstić information content (AvgIpc) is 3.23. The van der Waals surface area contributed by atoms with E-state index in [4.69, 9.17) is 14.2 Å². The van der Waals surface area contributed by atoms with Gasteiger partial charge >= 0.3 is 0 Å². The summed E-state index contributed by atoms with van der Waals surface area (Å²) in [7, 11) is 0. The van der Waals surface area contributed by atoms with Crippen LogP contribution in [0.3, 0.4) is 0 Å². The van der Waals surface area contributed by atoms with E-state index in [1.165, 1.54) is 38.5 Å². The van der Waals surface area contributed by atoms with Crippen LogP contribution in [0.4, 0.5) is 0 Å². The molecular weight excluding hydrogens is 378 g/mol. The van der Waals surface area contributed by atoms with Crippen LogP contribution in [0.15, 0.2) is 4.52 Å². The summed E-state index contributed by atoms with van der Waals surface area (Å²) in [6.07, 6.45) is 14.9. The van der Waals surface area contributed by atoms with E-state index < -0.39 is 0 Å². The summed E-state index contributed by atoms with van der Waals surface area (Å²) < 4.78 is 11.2. The summed E-state index contributed by atoms with van der Waals surface area (Å²) in [4.78, 5) is 19.9. The van der Waals surface area contributed by atoms with Gasteiger partial charge in [-0.3, -0.25) is 4.79 Å². The molecule has 6 heteroatoms. The quantitative estimate of drug-likeness (QED) is 0.651. The van der Waals surface area contributed by atoms with Crippen molar-refractivity contribution in [1.29, 1.82) is 0 Å². The zero-order chi connectivity index (χ0) is 20.4. The van der Waals surface area contributed by atoms with Crippen molar-refractivity contribution in [2.75, 3.05) is 26.3 Å². The van der Waals surface area contributed by atoms with E-state index in [0.717, 1.165) is 94.8 Å². The van der Waals surface area contributed by atoms with Crippen LogP contribution < -0.4 is 0 Å². The molecule has 1 aromatic heterocycles. The molecule has 0 atom stereocenters. The van der Waals surface area contributed by atoms with Gasteiger partial charge in [0.15, 0.2) is 5.82 Å². The van der Waals surface area contributed by atoms with Crippen LogP contribution in [0.5, 0.6) is 0 Å². The van der Waals surface area contributed by atoms with Gasteiger partial charge in [0.1, 0.15) is 0 Å². The van der Waals surface area contributed by atoms with Crippen molar-refractivity contribution in [2.24, 2.45) is 11.8 Å². The summed E-state index contributed by atoms with van der Waals surface area (Å²) in [5.74, 6) is 4.01. The molecule has 0 unspecified atom stereocenters. The van der Waals surface area contributed by atoms with E-state index in [0.29, 0.717) is 11.8 Å². The molecule has 5 rings (SSSR count). The maximum Gasteiger partial charge on any atom is 0.229 e. The van der Waals surface area contributed by atoms with Crippen LogP contribution >= 0.6 is 0 Å². The number of amides is 1. The van der Waals surface area contributed by atoms with Gasteiger partial charge in [0.05, 0.1) is 0 Å². The van der Waals surface area contributed by atoms with Gasteiger partial charge in [0.2, 0.25) is 11.8 Å². The van der Waals surface area contributed by atoms with Gasteiger partial charge in [-0.15, -0.1) is 0 Å². The van der Waals surface area contributed by atoms with Crippen molar-refractivity contribution < 1.29 is 14.1 Å². The highest BCUT2D eigenvalue weighted by molar-refractivity contribution is 5.76. The Morgan fingerprint density at radius 1 is 1.00 bits per heavy atom. The Bertz CT molecular complexity index is 709. The molecule has 3 heterocycles. The highest BCUT2D eigenvalue weighted by Gasteiger charge is 2.45. The molecule has 0 aromatic carbocycles. The highest BCUT2D eigenvalue weighted by Crippen LogP contribution is 2.47. The zero-order valence-electron chi connectivity index (χ0n) is 18.3. The normalized spacial score (nSPS) is 25.7. The molecule has 2 saturated carbocycles. The molecule has 30 heavy (non-hydrogen) atoms. The fourth-order valence-electron chi connectivity index (χ4n) is 5.92. The minimum absolute atomic E-state index is 0.00365. The van der Waals surface area contributed by atoms with Crippen LogP contribution in [0.1, 0.15) is 101 Å². The van der Waals surface area contributed by atoms with Gasteiger partial charge in [0, 0.05) is 44.1 Å². The van der Waals surface area contributed by atoms with Gasteiger partial charge in [-0.1, -0.05) is 43.7 Å². The third kappa shape index (κ3) is 4.58. The molecule has 6 nitrogen and oxygen atoms in total. The number of likely N-dealkylation sites (tertiary alicyclic amines) is 1. The SMILES string of the molecule is O=C(CCC1CCCC1)N1CCC(CC2CC2)(c2noc(C3CCOCC3)n2)CC1. The summed E-state index contributed by atoms with van der Waals surface area (Å²) in [5, 5.41) is 4.50. The Hall–Kier alpha value is -1.43. The molecule has 1 aromatic rings. The Labute approximate surface area is 180 Å². The van der Waals surface area contributed by atoms with Crippen molar-refractivity contribution >= 4 is 5.91 Å². The number of aromatic nitrogens is 2. The molecule has 166 valence electrons. The molecule has 4 fully saturated rings. The number of carbonyl (C=O) groups excluding carboxylic acids is 1. The predicted octanol–water partition coefficient (Wildman–Crippen LogP) is 4.59. The Kier molecular flexibility index (Phi) is 6.12. The van der Waals surface area contributed by atoms with Gasteiger partial charge < -0.3 is 14.2 Å². The smallest absolute Gasteiger partial charge is 0.229 e. The fraction of sp³-hybridized carbons (Fsp3) is 0.875. The molecule has 1 amide bonds. The molecule has 0 N–H and O–H groups in total. The lowest BCUT2D eigenvalue weighted by Crippen LogP contribution is -2.46. The van der Waals surface area contributed by atoms with Gasteiger partial charge in [-0.2, -0.15) is 4.98 Å². The highest BCUT2D eigenvalue weighted by atomic mass is 16.5. The number of rotatable bonds is 7. The van der Waals surface area contributed by atoms with Gasteiger partial charge in [0.25, 0.3) is 0 Å². The third-order valence-corrected chi connectivity index (χ3v) is 8.18. The lowest BCUT2D eigenvalue weighted by molar-refractivity contribution is -0.133. The summed E-state index contributed by atoms with van der Waals surface area (Å²) in [6, 6.07) is 0.